The van der Waals surface area contributed by atoms with E-state index in [0.29, 0.717) is 23.7 Å². The molecular formula is C28H26FN5OS. The fraction of sp³-hybridized carbons (Fsp3) is 0.286. The van der Waals surface area contributed by atoms with Crippen LogP contribution in [0.25, 0.3) is 32.9 Å². The van der Waals surface area contributed by atoms with Gasteiger partial charge in [-0.05, 0) is 86.4 Å². The first-order chi connectivity index (χ1) is 17.6. The average Bonchev–Trinajstić information content (AvgIpc) is 3.61. The van der Waals surface area contributed by atoms with Crippen molar-refractivity contribution in [1.29, 1.82) is 0 Å². The number of halogens is 1. The zero-order valence-electron chi connectivity index (χ0n) is 19.9. The zero-order valence-corrected chi connectivity index (χ0v) is 20.7. The second-order valence-electron chi connectivity index (χ2n) is 9.43. The molecule has 3 aromatic heterocycles. The quantitative estimate of drug-likeness (QED) is 0.264. The Hall–Kier alpha value is -3.65. The van der Waals surface area contributed by atoms with Gasteiger partial charge in [0, 0.05) is 40.3 Å². The van der Waals surface area contributed by atoms with Crippen LogP contribution in [0.4, 0.5) is 10.4 Å². The highest BCUT2D eigenvalue weighted by molar-refractivity contribution is 7.13. The first kappa shape index (κ1) is 22.8. The molecule has 6 rings (SSSR count). The Labute approximate surface area is 212 Å². The number of rotatable bonds is 6. The topological polar surface area (TPSA) is 76.7 Å². The SMILES string of the molecule is C[C@@H](Nc1nnc(-c2ccc(-c3nccs3)cc2)o1)C1CCC(c2ccnc3ccc(F)cc23)CC1. The molecule has 182 valence electrons. The Bertz CT molecular complexity index is 1460. The van der Waals surface area contributed by atoms with Crippen molar-refractivity contribution < 1.29 is 8.81 Å². The maximum Gasteiger partial charge on any atom is 0.315 e. The van der Waals surface area contributed by atoms with Gasteiger partial charge in [-0.1, -0.05) is 17.2 Å². The Kier molecular flexibility index (Phi) is 6.19. The van der Waals surface area contributed by atoms with Gasteiger partial charge in [-0.2, -0.15) is 0 Å². The van der Waals surface area contributed by atoms with Crippen LogP contribution in [0, 0.1) is 11.7 Å². The molecule has 5 aromatic rings. The summed E-state index contributed by atoms with van der Waals surface area (Å²) in [6.45, 7) is 2.18. The van der Waals surface area contributed by atoms with E-state index >= 15 is 0 Å². The Morgan fingerprint density at radius 3 is 2.53 bits per heavy atom. The fourth-order valence-corrected chi connectivity index (χ4v) is 5.90. The summed E-state index contributed by atoms with van der Waals surface area (Å²) < 4.78 is 19.8. The van der Waals surface area contributed by atoms with Gasteiger partial charge in [0.15, 0.2) is 0 Å². The van der Waals surface area contributed by atoms with Crippen LogP contribution in [0.15, 0.2) is 70.7 Å². The van der Waals surface area contributed by atoms with E-state index in [4.69, 9.17) is 4.42 Å². The van der Waals surface area contributed by atoms with Gasteiger partial charge in [0.05, 0.1) is 5.52 Å². The second-order valence-corrected chi connectivity index (χ2v) is 10.3. The molecule has 1 aliphatic rings. The highest BCUT2D eigenvalue weighted by Gasteiger charge is 2.28. The highest BCUT2D eigenvalue weighted by Crippen LogP contribution is 2.40. The van der Waals surface area contributed by atoms with Crippen molar-refractivity contribution in [1.82, 2.24) is 20.2 Å². The van der Waals surface area contributed by atoms with E-state index in [0.717, 1.165) is 52.7 Å². The molecule has 0 saturated heterocycles. The van der Waals surface area contributed by atoms with Crippen molar-refractivity contribution in [2.75, 3.05) is 5.32 Å². The molecule has 0 aliphatic heterocycles. The summed E-state index contributed by atoms with van der Waals surface area (Å²) in [7, 11) is 0. The molecule has 8 heteroatoms. The van der Waals surface area contributed by atoms with Crippen LogP contribution < -0.4 is 5.32 Å². The largest absolute Gasteiger partial charge is 0.403 e. The molecule has 0 bridgehead atoms. The van der Waals surface area contributed by atoms with E-state index in [2.05, 4.69) is 38.5 Å². The van der Waals surface area contributed by atoms with E-state index in [1.807, 2.05) is 35.8 Å². The normalized spacial score (nSPS) is 18.8. The maximum atomic E-state index is 13.9. The van der Waals surface area contributed by atoms with Crippen molar-refractivity contribution in [3.05, 3.63) is 77.7 Å². The highest BCUT2D eigenvalue weighted by atomic mass is 32.1. The molecule has 1 aliphatic carbocycles. The number of hydrogen-bond donors (Lipinski definition) is 1. The lowest BCUT2D eigenvalue weighted by molar-refractivity contribution is 0.299. The lowest BCUT2D eigenvalue weighted by Gasteiger charge is -2.32. The third-order valence-corrected chi connectivity index (χ3v) is 8.07. The predicted octanol–water partition coefficient (Wildman–Crippen LogP) is 7.32. The van der Waals surface area contributed by atoms with Crippen molar-refractivity contribution in [2.45, 2.75) is 44.6 Å². The molecule has 36 heavy (non-hydrogen) atoms. The van der Waals surface area contributed by atoms with Crippen LogP contribution in [0.2, 0.25) is 0 Å². The number of pyridine rings is 1. The summed E-state index contributed by atoms with van der Waals surface area (Å²) in [6.07, 6.45) is 7.93. The molecular weight excluding hydrogens is 473 g/mol. The summed E-state index contributed by atoms with van der Waals surface area (Å²) in [6, 6.07) is 15.6. The third-order valence-electron chi connectivity index (χ3n) is 7.24. The maximum absolute atomic E-state index is 13.9. The molecule has 6 nitrogen and oxygen atoms in total. The van der Waals surface area contributed by atoms with Crippen molar-refractivity contribution >= 4 is 28.3 Å². The van der Waals surface area contributed by atoms with Crippen LogP contribution in [-0.2, 0) is 0 Å². The van der Waals surface area contributed by atoms with Crippen LogP contribution in [0.5, 0.6) is 0 Å². The molecule has 1 N–H and O–H groups in total. The number of fused-ring (bicyclic) bond motifs is 1. The minimum atomic E-state index is -0.211. The van der Waals surface area contributed by atoms with Crippen molar-refractivity contribution in [3.63, 3.8) is 0 Å². The fourth-order valence-electron chi connectivity index (χ4n) is 5.26. The van der Waals surface area contributed by atoms with Crippen molar-refractivity contribution in [3.8, 4) is 22.0 Å². The van der Waals surface area contributed by atoms with E-state index in [1.165, 1.54) is 11.6 Å². The smallest absolute Gasteiger partial charge is 0.315 e. The lowest BCUT2D eigenvalue weighted by Crippen LogP contribution is -2.29. The Morgan fingerprint density at radius 1 is 0.944 bits per heavy atom. The number of benzene rings is 2. The number of hydrogen-bond acceptors (Lipinski definition) is 7. The molecule has 0 amide bonds. The monoisotopic (exact) mass is 499 g/mol. The summed E-state index contributed by atoms with van der Waals surface area (Å²) >= 11 is 1.61. The average molecular weight is 500 g/mol. The zero-order chi connectivity index (χ0) is 24.5. The second kappa shape index (κ2) is 9.78. The van der Waals surface area contributed by atoms with E-state index in [1.54, 1.807) is 29.7 Å². The van der Waals surface area contributed by atoms with Gasteiger partial charge in [0.2, 0.25) is 5.89 Å². The number of nitrogens with zero attached hydrogens (tertiary/aromatic N) is 4. The van der Waals surface area contributed by atoms with Crippen LogP contribution in [0.1, 0.15) is 44.1 Å². The minimum absolute atomic E-state index is 0.207. The van der Waals surface area contributed by atoms with E-state index < -0.39 is 0 Å². The molecule has 0 spiro atoms. The van der Waals surface area contributed by atoms with E-state index in [-0.39, 0.29) is 11.9 Å². The molecule has 2 aromatic carbocycles. The van der Waals surface area contributed by atoms with E-state index in [9.17, 15) is 4.39 Å². The van der Waals surface area contributed by atoms with Crippen molar-refractivity contribution in [2.24, 2.45) is 5.92 Å². The lowest BCUT2D eigenvalue weighted by atomic mass is 9.75. The Morgan fingerprint density at radius 2 is 1.75 bits per heavy atom. The van der Waals surface area contributed by atoms with Gasteiger partial charge in [0.1, 0.15) is 10.8 Å². The predicted molar refractivity (Wildman–Crippen MR) is 140 cm³/mol. The molecule has 0 unspecified atom stereocenters. The van der Waals surface area contributed by atoms with Gasteiger partial charge >= 0.3 is 6.01 Å². The number of nitrogens with one attached hydrogen (secondary N) is 1. The number of anilines is 1. The summed E-state index contributed by atoms with van der Waals surface area (Å²) in [5.41, 5.74) is 4.02. The molecule has 1 atom stereocenters. The van der Waals surface area contributed by atoms with Gasteiger partial charge in [-0.3, -0.25) is 4.98 Å². The van der Waals surface area contributed by atoms with Crippen LogP contribution in [-0.4, -0.2) is 26.2 Å². The standard InChI is InChI=1S/C28H26FN5OS/c1-17(18-2-4-19(5-3-18)23-12-13-30-25-11-10-22(29)16-24(23)25)32-28-34-33-26(35-28)20-6-8-21(9-7-20)27-31-14-15-36-27/h6-19H,2-5H2,1H3,(H,32,34)/t17-,18?,19?/m1/s1. The summed E-state index contributed by atoms with van der Waals surface area (Å²) in [5, 5.41) is 15.8. The first-order valence-electron chi connectivity index (χ1n) is 12.3. The van der Waals surface area contributed by atoms with Crippen LogP contribution in [0.3, 0.4) is 0 Å². The molecule has 0 radical (unpaired) electrons. The van der Waals surface area contributed by atoms with Gasteiger partial charge in [-0.15, -0.1) is 16.4 Å². The number of thiazole rings is 1. The van der Waals surface area contributed by atoms with Gasteiger partial charge in [-0.25, -0.2) is 9.37 Å². The third kappa shape index (κ3) is 4.60. The molecule has 3 heterocycles. The summed E-state index contributed by atoms with van der Waals surface area (Å²) in [5.74, 6) is 1.20. The summed E-state index contributed by atoms with van der Waals surface area (Å²) in [4.78, 5) is 8.75. The molecule has 1 saturated carbocycles. The van der Waals surface area contributed by atoms with Gasteiger partial charge < -0.3 is 9.73 Å². The Balaban J connectivity index is 1.08. The number of aromatic nitrogens is 4. The molecule has 1 fully saturated rings. The minimum Gasteiger partial charge on any atom is -0.403 e. The first-order valence-corrected chi connectivity index (χ1v) is 13.2. The van der Waals surface area contributed by atoms with Crippen LogP contribution >= 0.6 is 11.3 Å². The van der Waals surface area contributed by atoms with Gasteiger partial charge in [0.25, 0.3) is 0 Å².